The molecule has 0 saturated heterocycles. The molecule has 7 nitrogen and oxygen atoms in total. The zero-order valence-corrected chi connectivity index (χ0v) is 18.8. The summed E-state index contributed by atoms with van der Waals surface area (Å²) in [7, 11) is 9.46. The Labute approximate surface area is 156 Å². The topological polar surface area (TPSA) is 58.6 Å². The van der Waals surface area contributed by atoms with Gasteiger partial charge >= 0.3 is 0 Å². The molecule has 2 unspecified atom stereocenters. The van der Waals surface area contributed by atoms with Gasteiger partial charge in [0.2, 0.25) is 0 Å². The zero-order chi connectivity index (χ0) is 19.2. The number of ether oxygens (including phenoxy) is 5. The van der Waals surface area contributed by atoms with Crippen LogP contribution in [0, 0.1) is 0 Å². The van der Waals surface area contributed by atoms with E-state index in [1.807, 2.05) is 18.9 Å². The number of methoxy groups -OCH3 is 5. The van der Waals surface area contributed by atoms with Crippen molar-refractivity contribution in [2.75, 3.05) is 74.2 Å². The van der Waals surface area contributed by atoms with Crippen molar-refractivity contribution < 1.29 is 28.5 Å². The molecule has 0 amide bonds. The number of hydrogen-bond donors (Lipinski definition) is 0. The lowest BCUT2D eigenvalue weighted by Crippen LogP contribution is -2.32. The first kappa shape index (κ1) is 25.6. The Morgan fingerprint density at radius 1 is 0.720 bits per heavy atom. The van der Waals surface area contributed by atoms with Gasteiger partial charge in [0.15, 0.2) is 11.1 Å². The van der Waals surface area contributed by atoms with Gasteiger partial charge in [-0.15, -0.1) is 0 Å². The van der Waals surface area contributed by atoms with Crippen LogP contribution < -0.4 is 0 Å². The second kappa shape index (κ2) is 14.6. The molecule has 0 spiro atoms. The maximum atomic E-state index is 5.91. The van der Waals surface area contributed by atoms with Crippen molar-refractivity contribution >= 4 is 17.2 Å². The third kappa shape index (κ3) is 11.8. The number of rotatable bonds is 17. The number of hydrogen-bond acceptors (Lipinski definition) is 7. The van der Waals surface area contributed by atoms with Crippen LogP contribution in [0.3, 0.4) is 0 Å². The highest BCUT2D eigenvalue weighted by Crippen LogP contribution is 2.34. The van der Waals surface area contributed by atoms with Gasteiger partial charge < -0.3 is 23.7 Å². The summed E-state index contributed by atoms with van der Waals surface area (Å²) >= 11 is 0. The molecule has 0 heterocycles. The van der Waals surface area contributed by atoms with Gasteiger partial charge in [-0.05, 0) is 32.6 Å². The van der Waals surface area contributed by atoms with E-state index in [-0.39, 0.29) is 0 Å². The van der Waals surface area contributed by atoms with Gasteiger partial charge in [0.25, 0.3) is 0 Å². The van der Waals surface area contributed by atoms with Gasteiger partial charge in [0.05, 0.1) is 6.61 Å². The minimum absolute atomic E-state index is 0.520. The molecule has 152 valence electrons. The Morgan fingerprint density at radius 2 is 1.16 bits per heavy atom. The predicted molar refractivity (Wildman–Crippen MR) is 105 cm³/mol. The van der Waals surface area contributed by atoms with E-state index < -0.39 is 11.1 Å². The Kier molecular flexibility index (Phi) is 15.0. The highest BCUT2D eigenvalue weighted by molar-refractivity contribution is 7.39. The average Bonchev–Trinajstić information content (AvgIpc) is 2.64. The predicted octanol–water partition coefficient (Wildman–Crippen LogP) is 2.55. The molecule has 0 aliphatic carbocycles. The van der Waals surface area contributed by atoms with Crippen LogP contribution >= 0.6 is 17.2 Å². The molecule has 0 fully saturated rings. The first-order valence-electron chi connectivity index (χ1n) is 8.46. The average molecular weight is 401 g/mol. The second-order valence-electron chi connectivity index (χ2n) is 5.67. The van der Waals surface area contributed by atoms with Crippen LogP contribution in [0.2, 0.25) is 0 Å². The standard InChI is InChI=1S/C16H37NO6P2/c1-15(19-4,20-5)24-13-9-17(23-12-8-11-18-3)10-14-25-16(2,21-6)22-7/h24-25H,8-14H2,1-7H3. The molecule has 0 aliphatic rings. The Bertz CT molecular complexity index is 293. The second-order valence-corrected chi connectivity index (χ2v) is 9.19. The molecule has 0 saturated carbocycles. The summed E-state index contributed by atoms with van der Waals surface area (Å²) in [5.74, 6) is 0. The largest absolute Gasteiger partial charge is 0.385 e. The number of nitrogens with zero attached hydrogens (tertiary/aromatic N) is 1. The van der Waals surface area contributed by atoms with Crippen LogP contribution in [0.25, 0.3) is 0 Å². The molecule has 0 aromatic heterocycles. The molecule has 0 aromatic carbocycles. The van der Waals surface area contributed by atoms with Gasteiger partial charge in [-0.1, -0.05) is 17.2 Å². The summed E-state index contributed by atoms with van der Waals surface area (Å²) in [5.41, 5.74) is -1.04. The smallest absolute Gasteiger partial charge is 0.180 e. The minimum atomic E-state index is -0.520. The monoisotopic (exact) mass is 401 g/mol. The highest BCUT2D eigenvalue weighted by atomic mass is 31.1. The lowest BCUT2D eigenvalue weighted by molar-refractivity contribution is -0.155. The third-order valence-electron chi connectivity index (χ3n) is 3.94. The van der Waals surface area contributed by atoms with Gasteiger partial charge in [-0.25, -0.2) is 0 Å². The molecule has 9 heteroatoms. The third-order valence-corrected chi connectivity index (χ3v) is 6.99. The fraction of sp³-hybridized carbons (Fsp3) is 1.00. The Morgan fingerprint density at radius 3 is 1.52 bits per heavy atom. The van der Waals surface area contributed by atoms with Crippen molar-refractivity contribution in [1.29, 1.82) is 0 Å². The normalized spacial score (nSPS) is 13.9. The van der Waals surface area contributed by atoms with Crippen LogP contribution in [0.15, 0.2) is 0 Å². The summed E-state index contributed by atoms with van der Waals surface area (Å²) in [6.07, 6.45) is 2.76. The summed E-state index contributed by atoms with van der Waals surface area (Å²) in [6.45, 7) is 6.92. The summed E-state index contributed by atoms with van der Waals surface area (Å²) in [4.78, 5) is 5.91. The zero-order valence-electron chi connectivity index (χ0n) is 16.8. The van der Waals surface area contributed by atoms with Crippen LogP contribution in [0.4, 0.5) is 0 Å². The van der Waals surface area contributed by atoms with Gasteiger partial charge in [-0.2, -0.15) is 5.06 Å². The molecule has 25 heavy (non-hydrogen) atoms. The van der Waals surface area contributed by atoms with E-state index in [0.717, 1.165) is 31.8 Å². The molecule has 0 rings (SSSR count). The van der Waals surface area contributed by atoms with Crippen LogP contribution in [-0.4, -0.2) is 90.3 Å². The number of hydroxylamine groups is 2. The fourth-order valence-electron chi connectivity index (χ4n) is 1.91. The van der Waals surface area contributed by atoms with Gasteiger partial charge in [-0.3, -0.25) is 4.84 Å². The quantitative estimate of drug-likeness (QED) is 0.161. The van der Waals surface area contributed by atoms with Crippen molar-refractivity contribution in [2.24, 2.45) is 0 Å². The molecule has 0 aromatic rings. The van der Waals surface area contributed by atoms with E-state index in [2.05, 4.69) is 0 Å². The molecule has 0 radical (unpaired) electrons. The van der Waals surface area contributed by atoms with Crippen molar-refractivity contribution in [1.82, 2.24) is 5.06 Å². The molecular weight excluding hydrogens is 364 g/mol. The van der Waals surface area contributed by atoms with E-state index in [9.17, 15) is 0 Å². The Balaban J connectivity index is 4.35. The van der Waals surface area contributed by atoms with E-state index in [0.29, 0.717) is 30.4 Å². The molecule has 2 atom stereocenters. The lowest BCUT2D eigenvalue weighted by Gasteiger charge is -2.29. The summed E-state index contributed by atoms with van der Waals surface area (Å²) < 4.78 is 26.7. The van der Waals surface area contributed by atoms with Crippen molar-refractivity contribution in [3.63, 3.8) is 0 Å². The van der Waals surface area contributed by atoms with E-state index >= 15 is 0 Å². The van der Waals surface area contributed by atoms with Gasteiger partial charge in [0.1, 0.15) is 0 Å². The molecular formula is C16H37NO6P2. The van der Waals surface area contributed by atoms with E-state index in [1.165, 1.54) is 0 Å². The minimum Gasteiger partial charge on any atom is -0.385 e. The van der Waals surface area contributed by atoms with Crippen molar-refractivity contribution in [2.45, 2.75) is 31.3 Å². The first-order valence-corrected chi connectivity index (χ1v) is 10.9. The summed E-state index contributed by atoms with van der Waals surface area (Å²) in [5, 5.41) is 2.02. The maximum absolute atomic E-state index is 5.91. The molecule has 0 N–H and O–H groups in total. The SMILES string of the molecule is COCCCON(CCPC(C)(OC)OC)CCPC(C)(OC)OC. The first-order chi connectivity index (χ1) is 11.9. The Hall–Kier alpha value is 0.580. The summed E-state index contributed by atoms with van der Waals surface area (Å²) in [6, 6.07) is 0. The van der Waals surface area contributed by atoms with Gasteiger partial charge in [0, 0.05) is 55.2 Å². The van der Waals surface area contributed by atoms with Crippen LogP contribution in [0.1, 0.15) is 20.3 Å². The highest BCUT2D eigenvalue weighted by Gasteiger charge is 2.24. The van der Waals surface area contributed by atoms with E-state index in [1.54, 1.807) is 35.5 Å². The fourth-order valence-corrected chi connectivity index (χ4v) is 4.12. The van der Waals surface area contributed by atoms with Crippen LogP contribution in [0.5, 0.6) is 0 Å². The molecule has 0 bridgehead atoms. The van der Waals surface area contributed by atoms with Crippen molar-refractivity contribution in [3.05, 3.63) is 0 Å². The maximum Gasteiger partial charge on any atom is 0.180 e. The lowest BCUT2D eigenvalue weighted by atomic mass is 10.5. The van der Waals surface area contributed by atoms with Crippen LogP contribution in [-0.2, 0) is 28.5 Å². The van der Waals surface area contributed by atoms with E-state index in [4.69, 9.17) is 28.5 Å². The molecule has 0 aliphatic heterocycles. The van der Waals surface area contributed by atoms with Crippen molar-refractivity contribution in [3.8, 4) is 0 Å².